The molecule has 0 saturated heterocycles. The molecule has 0 unspecified atom stereocenters. The number of rotatable bonds is 0. The second kappa shape index (κ2) is 7.07. The van der Waals surface area contributed by atoms with Crippen LogP contribution in [-0.2, 0) is 5.41 Å². The first kappa shape index (κ1) is 18.5. The second-order valence-electron chi connectivity index (χ2n) is 8.78. The Morgan fingerprint density at radius 3 is 1.77 bits per heavy atom. The fraction of sp³-hybridized carbons (Fsp3) is 0.143. The molecular weight excluding hydrogens is 366 g/mol. The molecule has 2 nitrogen and oxygen atoms in total. The third-order valence-corrected chi connectivity index (χ3v) is 5.66. The molecule has 1 aliphatic heterocycles. The van der Waals surface area contributed by atoms with Gasteiger partial charge in [-0.2, -0.15) is 0 Å². The summed E-state index contributed by atoms with van der Waals surface area (Å²) in [6.07, 6.45) is 0. The average Bonchev–Trinajstić information content (AvgIpc) is 2.74. The summed E-state index contributed by atoms with van der Waals surface area (Å²) >= 11 is 0. The van der Waals surface area contributed by atoms with Crippen molar-refractivity contribution in [2.45, 2.75) is 26.2 Å². The van der Waals surface area contributed by atoms with Crippen molar-refractivity contribution in [2.24, 2.45) is 0 Å². The maximum absolute atomic E-state index is 6.53. The van der Waals surface area contributed by atoms with Gasteiger partial charge in [-0.25, -0.2) is 0 Å². The van der Waals surface area contributed by atoms with Crippen LogP contribution in [0.4, 0.5) is 11.4 Å². The first-order valence-corrected chi connectivity index (χ1v) is 10.4. The van der Waals surface area contributed by atoms with Crippen LogP contribution in [0, 0.1) is 0 Å². The van der Waals surface area contributed by atoms with Crippen molar-refractivity contribution >= 4 is 11.4 Å². The Kier molecular flexibility index (Phi) is 4.36. The zero-order chi connectivity index (χ0) is 20.7. The van der Waals surface area contributed by atoms with Crippen molar-refractivity contribution < 1.29 is 4.74 Å². The van der Waals surface area contributed by atoms with E-state index in [4.69, 9.17) is 4.74 Å². The van der Waals surface area contributed by atoms with Crippen molar-refractivity contribution in [3.63, 3.8) is 0 Å². The fourth-order valence-corrected chi connectivity index (χ4v) is 3.99. The summed E-state index contributed by atoms with van der Waals surface area (Å²) in [4.78, 5) is 0. The molecule has 0 spiro atoms. The highest BCUT2D eigenvalue weighted by molar-refractivity contribution is 5.91. The number of nitrogens with one attached hydrogen (secondary N) is 1. The number of para-hydroxylation sites is 3. The van der Waals surface area contributed by atoms with Crippen LogP contribution in [0.1, 0.15) is 26.3 Å². The number of benzene rings is 4. The van der Waals surface area contributed by atoms with Gasteiger partial charge in [-0.3, -0.25) is 0 Å². The van der Waals surface area contributed by atoms with Gasteiger partial charge in [0, 0.05) is 33.6 Å². The van der Waals surface area contributed by atoms with Gasteiger partial charge < -0.3 is 10.1 Å². The number of fused-ring (bicyclic) bond motifs is 6. The number of hydrogen-bond acceptors (Lipinski definition) is 2. The molecule has 5 rings (SSSR count). The molecule has 0 fully saturated rings. The van der Waals surface area contributed by atoms with Crippen molar-refractivity contribution in [2.75, 3.05) is 5.32 Å². The number of ether oxygens (including phenoxy) is 1. The fourth-order valence-electron chi connectivity index (χ4n) is 3.99. The molecule has 4 aromatic rings. The van der Waals surface area contributed by atoms with Crippen LogP contribution in [0.25, 0.3) is 22.3 Å². The molecule has 148 valence electrons. The predicted molar refractivity (Wildman–Crippen MR) is 126 cm³/mol. The highest BCUT2D eigenvalue weighted by atomic mass is 16.5. The lowest BCUT2D eigenvalue weighted by molar-refractivity contribution is 0.486. The Hall–Kier alpha value is -3.52. The predicted octanol–water partition coefficient (Wildman–Crippen LogP) is 8.17. The van der Waals surface area contributed by atoms with Crippen LogP contribution in [0.3, 0.4) is 0 Å². The third kappa shape index (κ3) is 3.25. The van der Waals surface area contributed by atoms with Gasteiger partial charge in [0.2, 0.25) is 0 Å². The van der Waals surface area contributed by atoms with Gasteiger partial charge in [0.1, 0.15) is 11.5 Å². The van der Waals surface area contributed by atoms with E-state index >= 15 is 0 Å². The smallest absolute Gasteiger partial charge is 0.135 e. The van der Waals surface area contributed by atoms with Gasteiger partial charge in [0.15, 0.2) is 0 Å². The van der Waals surface area contributed by atoms with Crippen LogP contribution in [0.5, 0.6) is 11.5 Å². The molecular formula is C28H25NO. The Balaban J connectivity index is 1.81. The van der Waals surface area contributed by atoms with E-state index in [0.717, 1.165) is 45.1 Å². The molecule has 1 aliphatic rings. The maximum atomic E-state index is 6.53. The standard InChI is InChI=1S/C28H25NO/c1-28(2,3)19-16-17-25-23(18-19)22-12-6-9-15-27(22)30-26-14-8-5-11-21(26)20-10-4-7-13-24(20)29-25/h4-18,29H,1-3H3. The zero-order valence-corrected chi connectivity index (χ0v) is 17.6. The number of hydrogen-bond donors (Lipinski definition) is 1. The molecule has 0 saturated carbocycles. The van der Waals surface area contributed by atoms with Crippen LogP contribution >= 0.6 is 0 Å². The molecule has 0 amide bonds. The van der Waals surface area contributed by atoms with E-state index < -0.39 is 0 Å². The van der Waals surface area contributed by atoms with E-state index in [1.165, 1.54) is 5.56 Å². The maximum Gasteiger partial charge on any atom is 0.135 e. The molecule has 1 N–H and O–H groups in total. The summed E-state index contributed by atoms with van der Waals surface area (Å²) in [5, 5.41) is 3.72. The molecule has 0 atom stereocenters. The average molecular weight is 392 g/mol. The molecule has 0 bridgehead atoms. The molecule has 4 aromatic carbocycles. The normalized spacial score (nSPS) is 12.4. The third-order valence-electron chi connectivity index (χ3n) is 5.66. The van der Waals surface area contributed by atoms with Gasteiger partial charge >= 0.3 is 0 Å². The quantitative estimate of drug-likeness (QED) is 0.287. The lowest BCUT2D eigenvalue weighted by atomic mass is 9.84. The van der Waals surface area contributed by atoms with Gasteiger partial charge in [0.05, 0.1) is 0 Å². The Labute approximate surface area is 178 Å². The van der Waals surface area contributed by atoms with E-state index in [1.54, 1.807) is 0 Å². The van der Waals surface area contributed by atoms with Crippen molar-refractivity contribution in [3.05, 3.63) is 96.6 Å². The first-order chi connectivity index (χ1) is 14.5. The van der Waals surface area contributed by atoms with E-state index in [9.17, 15) is 0 Å². The largest absolute Gasteiger partial charge is 0.456 e. The summed E-state index contributed by atoms with van der Waals surface area (Å²) in [6.45, 7) is 6.74. The lowest BCUT2D eigenvalue weighted by Gasteiger charge is -2.25. The summed E-state index contributed by atoms with van der Waals surface area (Å²) < 4.78 is 6.53. The summed E-state index contributed by atoms with van der Waals surface area (Å²) in [6, 6.07) is 31.6. The van der Waals surface area contributed by atoms with Crippen LogP contribution < -0.4 is 10.1 Å². The van der Waals surface area contributed by atoms with Crippen molar-refractivity contribution in [3.8, 4) is 33.8 Å². The SMILES string of the molecule is CC(C)(C)c1ccc2c(c1)-c1ccccc1Oc1ccccc1-c1ccccc1N2. The van der Waals surface area contributed by atoms with E-state index in [0.29, 0.717) is 0 Å². The molecule has 0 radical (unpaired) electrons. The van der Waals surface area contributed by atoms with Gasteiger partial charge in [0.25, 0.3) is 0 Å². The number of anilines is 2. The summed E-state index contributed by atoms with van der Waals surface area (Å²) in [7, 11) is 0. The summed E-state index contributed by atoms with van der Waals surface area (Å²) in [5.74, 6) is 1.72. The highest BCUT2D eigenvalue weighted by Gasteiger charge is 2.21. The van der Waals surface area contributed by atoms with Gasteiger partial charge in [-0.15, -0.1) is 0 Å². The van der Waals surface area contributed by atoms with E-state index in [1.807, 2.05) is 24.3 Å². The molecule has 0 aromatic heterocycles. The minimum absolute atomic E-state index is 0.0602. The highest BCUT2D eigenvalue weighted by Crippen LogP contribution is 2.45. The monoisotopic (exact) mass is 391 g/mol. The van der Waals surface area contributed by atoms with E-state index in [-0.39, 0.29) is 5.41 Å². The molecule has 1 heterocycles. The zero-order valence-electron chi connectivity index (χ0n) is 17.6. The lowest BCUT2D eigenvalue weighted by Crippen LogP contribution is -2.11. The Bertz CT molecular complexity index is 1230. The molecule has 0 aliphatic carbocycles. The van der Waals surface area contributed by atoms with E-state index in [2.05, 4.69) is 92.8 Å². The minimum atomic E-state index is 0.0602. The van der Waals surface area contributed by atoms with Crippen LogP contribution in [0.15, 0.2) is 91.0 Å². The summed E-state index contributed by atoms with van der Waals surface area (Å²) in [5.41, 5.74) is 7.92. The van der Waals surface area contributed by atoms with Gasteiger partial charge in [-0.05, 0) is 41.3 Å². The molecule has 2 heteroatoms. The Morgan fingerprint density at radius 1 is 0.567 bits per heavy atom. The van der Waals surface area contributed by atoms with Gasteiger partial charge in [-0.1, -0.05) is 81.4 Å². The molecule has 30 heavy (non-hydrogen) atoms. The van der Waals surface area contributed by atoms with Crippen molar-refractivity contribution in [1.29, 1.82) is 0 Å². The van der Waals surface area contributed by atoms with Crippen molar-refractivity contribution in [1.82, 2.24) is 0 Å². The minimum Gasteiger partial charge on any atom is -0.456 e. The topological polar surface area (TPSA) is 21.3 Å². The van der Waals surface area contributed by atoms with Crippen LogP contribution in [-0.4, -0.2) is 0 Å². The van der Waals surface area contributed by atoms with Crippen LogP contribution in [0.2, 0.25) is 0 Å². The second-order valence-corrected chi connectivity index (χ2v) is 8.78. The first-order valence-electron chi connectivity index (χ1n) is 10.4. The Morgan fingerprint density at radius 2 is 1.10 bits per heavy atom.